The van der Waals surface area contributed by atoms with Crippen LogP contribution in [0.5, 0.6) is 5.75 Å². The van der Waals surface area contributed by atoms with E-state index in [9.17, 15) is 9.18 Å². The Morgan fingerprint density at radius 1 is 1.19 bits per heavy atom. The summed E-state index contributed by atoms with van der Waals surface area (Å²) in [4.78, 5) is 10.9. The standard InChI is InChI=1S/C16H16FNO3/c1-11(20-10-13-4-2-3-5-15(13)17)21-14-8-6-12(7-9-14)16(18)19/h2-9,11H,10H2,1H3,(H2,18,19). The monoisotopic (exact) mass is 289 g/mol. The van der Waals surface area contributed by atoms with Gasteiger partial charge in [-0.25, -0.2) is 4.39 Å². The summed E-state index contributed by atoms with van der Waals surface area (Å²) in [6.45, 7) is 1.83. The summed E-state index contributed by atoms with van der Waals surface area (Å²) in [5.41, 5.74) is 6.03. The highest BCUT2D eigenvalue weighted by Gasteiger charge is 2.08. The molecule has 2 aromatic carbocycles. The summed E-state index contributed by atoms with van der Waals surface area (Å²) >= 11 is 0. The largest absolute Gasteiger partial charge is 0.465 e. The summed E-state index contributed by atoms with van der Waals surface area (Å²) in [7, 11) is 0. The van der Waals surface area contributed by atoms with Crippen LogP contribution in [-0.4, -0.2) is 12.2 Å². The van der Waals surface area contributed by atoms with Gasteiger partial charge in [0.05, 0.1) is 6.61 Å². The average Bonchev–Trinajstić information content (AvgIpc) is 2.47. The number of benzene rings is 2. The molecule has 1 atom stereocenters. The van der Waals surface area contributed by atoms with Crippen LogP contribution in [0.3, 0.4) is 0 Å². The van der Waals surface area contributed by atoms with Gasteiger partial charge >= 0.3 is 0 Å². The van der Waals surface area contributed by atoms with Gasteiger partial charge in [-0.15, -0.1) is 0 Å². The molecular weight excluding hydrogens is 273 g/mol. The van der Waals surface area contributed by atoms with Crippen LogP contribution in [0.2, 0.25) is 0 Å². The Labute approximate surface area is 122 Å². The Morgan fingerprint density at radius 3 is 2.48 bits per heavy atom. The highest BCUT2D eigenvalue weighted by molar-refractivity contribution is 5.92. The number of hydrogen-bond acceptors (Lipinski definition) is 3. The Balaban J connectivity index is 1.88. The molecule has 1 unspecified atom stereocenters. The molecule has 0 aliphatic rings. The number of carbonyl (C=O) groups excluding carboxylic acids is 1. The summed E-state index contributed by atoms with van der Waals surface area (Å²) < 4.78 is 24.4. The zero-order valence-electron chi connectivity index (χ0n) is 11.6. The molecule has 0 aliphatic carbocycles. The van der Waals surface area contributed by atoms with E-state index in [1.165, 1.54) is 6.07 Å². The lowest BCUT2D eigenvalue weighted by Gasteiger charge is -2.15. The van der Waals surface area contributed by atoms with Crippen molar-refractivity contribution in [1.29, 1.82) is 0 Å². The minimum Gasteiger partial charge on any atom is -0.465 e. The number of ether oxygens (including phenoxy) is 2. The van der Waals surface area contributed by atoms with Crippen molar-refractivity contribution in [2.75, 3.05) is 0 Å². The van der Waals surface area contributed by atoms with E-state index in [-0.39, 0.29) is 12.4 Å². The molecule has 0 bridgehead atoms. The summed E-state index contributed by atoms with van der Waals surface area (Å²) in [5.74, 6) is -0.262. The molecule has 0 aromatic heterocycles. The van der Waals surface area contributed by atoms with E-state index >= 15 is 0 Å². The second-order valence-corrected chi connectivity index (χ2v) is 4.48. The first-order valence-corrected chi connectivity index (χ1v) is 6.48. The highest BCUT2D eigenvalue weighted by Crippen LogP contribution is 2.15. The van der Waals surface area contributed by atoms with Crippen molar-refractivity contribution in [3.8, 4) is 5.75 Å². The van der Waals surface area contributed by atoms with E-state index in [0.717, 1.165) is 0 Å². The predicted molar refractivity (Wildman–Crippen MR) is 76.2 cm³/mol. The van der Waals surface area contributed by atoms with Crippen molar-refractivity contribution >= 4 is 5.91 Å². The van der Waals surface area contributed by atoms with E-state index in [0.29, 0.717) is 16.9 Å². The van der Waals surface area contributed by atoms with Gasteiger partial charge in [0.15, 0.2) is 6.29 Å². The van der Waals surface area contributed by atoms with Crippen LogP contribution in [0, 0.1) is 5.82 Å². The first-order chi connectivity index (χ1) is 10.1. The third-order valence-corrected chi connectivity index (χ3v) is 2.87. The first kappa shape index (κ1) is 15.0. The second-order valence-electron chi connectivity index (χ2n) is 4.48. The zero-order chi connectivity index (χ0) is 15.2. The Hall–Kier alpha value is -2.40. The van der Waals surface area contributed by atoms with Crippen LogP contribution in [0.25, 0.3) is 0 Å². The van der Waals surface area contributed by atoms with Crippen molar-refractivity contribution < 1.29 is 18.7 Å². The van der Waals surface area contributed by atoms with Crippen molar-refractivity contribution in [3.05, 3.63) is 65.5 Å². The van der Waals surface area contributed by atoms with Crippen molar-refractivity contribution in [3.63, 3.8) is 0 Å². The zero-order valence-corrected chi connectivity index (χ0v) is 11.6. The predicted octanol–water partition coefficient (Wildman–Crippen LogP) is 2.87. The number of amides is 1. The summed E-state index contributed by atoms with van der Waals surface area (Å²) in [6.07, 6.45) is -0.552. The van der Waals surface area contributed by atoms with Gasteiger partial charge in [-0.3, -0.25) is 4.79 Å². The summed E-state index contributed by atoms with van der Waals surface area (Å²) in [5, 5.41) is 0. The van der Waals surface area contributed by atoms with Crippen LogP contribution < -0.4 is 10.5 Å². The molecule has 0 heterocycles. The molecular formula is C16H16FNO3. The molecule has 0 radical (unpaired) electrons. The number of nitrogens with two attached hydrogens (primary N) is 1. The number of rotatable bonds is 6. The second kappa shape index (κ2) is 6.85. The average molecular weight is 289 g/mol. The van der Waals surface area contributed by atoms with E-state index in [1.807, 2.05) is 0 Å². The lowest BCUT2D eigenvalue weighted by molar-refractivity contribution is -0.0766. The van der Waals surface area contributed by atoms with E-state index < -0.39 is 12.2 Å². The molecule has 0 fully saturated rings. The molecule has 21 heavy (non-hydrogen) atoms. The topological polar surface area (TPSA) is 61.6 Å². The fourth-order valence-corrected chi connectivity index (χ4v) is 1.75. The normalized spacial score (nSPS) is 11.9. The number of hydrogen-bond donors (Lipinski definition) is 1. The molecule has 2 aromatic rings. The van der Waals surface area contributed by atoms with E-state index in [4.69, 9.17) is 15.2 Å². The molecule has 110 valence electrons. The van der Waals surface area contributed by atoms with Gasteiger partial charge in [0, 0.05) is 11.1 Å². The Morgan fingerprint density at radius 2 is 1.86 bits per heavy atom. The maximum atomic E-state index is 13.4. The molecule has 0 saturated heterocycles. The van der Waals surface area contributed by atoms with Crippen molar-refractivity contribution in [2.24, 2.45) is 5.73 Å². The number of primary amides is 1. The van der Waals surface area contributed by atoms with Gasteiger partial charge in [0.25, 0.3) is 0 Å². The molecule has 0 spiro atoms. The minimum atomic E-state index is -0.552. The molecule has 2 N–H and O–H groups in total. The van der Waals surface area contributed by atoms with E-state index in [1.54, 1.807) is 49.4 Å². The van der Waals surface area contributed by atoms with Crippen LogP contribution in [0.4, 0.5) is 4.39 Å². The van der Waals surface area contributed by atoms with Gasteiger partial charge in [-0.2, -0.15) is 0 Å². The quantitative estimate of drug-likeness (QED) is 0.832. The van der Waals surface area contributed by atoms with Crippen LogP contribution in [-0.2, 0) is 11.3 Å². The molecule has 5 heteroatoms. The van der Waals surface area contributed by atoms with Gasteiger partial charge in [-0.05, 0) is 37.3 Å². The van der Waals surface area contributed by atoms with E-state index in [2.05, 4.69) is 0 Å². The number of halogens is 1. The fraction of sp³-hybridized carbons (Fsp3) is 0.188. The fourth-order valence-electron chi connectivity index (χ4n) is 1.75. The van der Waals surface area contributed by atoms with Crippen molar-refractivity contribution in [1.82, 2.24) is 0 Å². The third kappa shape index (κ3) is 4.29. The van der Waals surface area contributed by atoms with Gasteiger partial charge in [0.1, 0.15) is 11.6 Å². The first-order valence-electron chi connectivity index (χ1n) is 6.48. The highest BCUT2D eigenvalue weighted by atomic mass is 19.1. The summed E-state index contributed by atoms with van der Waals surface area (Å²) in [6, 6.07) is 12.8. The maximum absolute atomic E-state index is 13.4. The smallest absolute Gasteiger partial charge is 0.248 e. The van der Waals surface area contributed by atoms with Crippen LogP contribution >= 0.6 is 0 Å². The Bertz CT molecular complexity index is 613. The minimum absolute atomic E-state index is 0.118. The van der Waals surface area contributed by atoms with Gasteiger partial charge < -0.3 is 15.2 Å². The molecule has 2 rings (SSSR count). The number of carbonyl (C=O) groups is 1. The molecule has 0 saturated carbocycles. The van der Waals surface area contributed by atoms with Crippen molar-refractivity contribution in [2.45, 2.75) is 19.8 Å². The van der Waals surface area contributed by atoms with Crippen LogP contribution in [0.1, 0.15) is 22.8 Å². The Kier molecular flexibility index (Phi) is 4.90. The molecule has 0 aliphatic heterocycles. The lowest BCUT2D eigenvalue weighted by Crippen LogP contribution is -2.16. The SMILES string of the molecule is CC(OCc1ccccc1F)Oc1ccc(C(N)=O)cc1. The van der Waals surface area contributed by atoms with Gasteiger partial charge in [0.2, 0.25) is 5.91 Å². The molecule has 1 amide bonds. The lowest BCUT2D eigenvalue weighted by atomic mass is 10.2. The van der Waals surface area contributed by atoms with Crippen LogP contribution in [0.15, 0.2) is 48.5 Å². The maximum Gasteiger partial charge on any atom is 0.248 e. The third-order valence-electron chi connectivity index (χ3n) is 2.87. The van der Waals surface area contributed by atoms with Gasteiger partial charge in [-0.1, -0.05) is 18.2 Å². The molecule has 4 nitrogen and oxygen atoms in total.